The van der Waals surface area contributed by atoms with E-state index in [1.54, 1.807) is 19.1 Å². The van der Waals surface area contributed by atoms with Crippen molar-refractivity contribution in [1.29, 1.82) is 0 Å². The van der Waals surface area contributed by atoms with Gasteiger partial charge >= 0.3 is 5.97 Å². The van der Waals surface area contributed by atoms with Crippen molar-refractivity contribution in [2.75, 3.05) is 6.61 Å². The zero-order valence-electron chi connectivity index (χ0n) is 8.51. The first-order valence-electron chi connectivity index (χ1n) is 4.77. The molecule has 1 N–H and O–H groups in total. The number of halogens is 2. The van der Waals surface area contributed by atoms with Gasteiger partial charge in [-0.15, -0.1) is 0 Å². The van der Waals surface area contributed by atoms with E-state index in [1.165, 1.54) is 0 Å². The molecule has 3 nitrogen and oxygen atoms in total. The lowest BCUT2D eigenvalue weighted by molar-refractivity contribution is 0.0520. The van der Waals surface area contributed by atoms with Crippen molar-refractivity contribution in [2.45, 2.75) is 6.92 Å². The molecule has 0 radical (unpaired) electrons. The van der Waals surface area contributed by atoms with E-state index in [4.69, 9.17) is 16.3 Å². The molecule has 1 aromatic heterocycles. The predicted octanol–water partition coefficient (Wildman–Crippen LogP) is 3.76. The van der Waals surface area contributed by atoms with Crippen LogP contribution in [0.25, 0.3) is 10.9 Å². The third-order valence-corrected chi connectivity index (χ3v) is 3.19. The number of carbonyl (C=O) groups excluding carboxylic acids is 1. The van der Waals surface area contributed by atoms with Gasteiger partial charge in [0.2, 0.25) is 0 Å². The number of carbonyl (C=O) groups is 1. The molecule has 0 bridgehead atoms. The van der Waals surface area contributed by atoms with Crippen molar-refractivity contribution in [2.24, 2.45) is 0 Å². The second-order valence-electron chi connectivity index (χ2n) is 3.22. The highest BCUT2D eigenvalue weighted by Gasteiger charge is 2.13. The lowest BCUT2D eigenvalue weighted by Crippen LogP contribution is -2.04. The van der Waals surface area contributed by atoms with Gasteiger partial charge in [0.1, 0.15) is 5.69 Å². The van der Waals surface area contributed by atoms with E-state index in [-0.39, 0.29) is 5.97 Å². The third-order valence-electron chi connectivity index (χ3n) is 2.19. The third kappa shape index (κ3) is 1.95. The molecule has 0 unspecified atom stereocenters. The minimum atomic E-state index is -0.373. The topological polar surface area (TPSA) is 42.1 Å². The number of hydrogen-bond acceptors (Lipinski definition) is 2. The molecule has 84 valence electrons. The van der Waals surface area contributed by atoms with Gasteiger partial charge in [-0.25, -0.2) is 4.79 Å². The van der Waals surface area contributed by atoms with Gasteiger partial charge in [0, 0.05) is 9.86 Å². The fraction of sp³-hybridized carbons (Fsp3) is 0.182. The summed E-state index contributed by atoms with van der Waals surface area (Å²) in [5.74, 6) is -0.373. The Labute approximate surface area is 106 Å². The lowest BCUT2D eigenvalue weighted by atomic mass is 10.2. The normalized spacial score (nSPS) is 10.7. The van der Waals surface area contributed by atoms with Crippen LogP contribution in [0.3, 0.4) is 0 Å². The Balaban J connectivity index is 2.55. The van der Waals surface area contributed by atoms with Crippen LogP contribution in [0.15, 0.2) is 22.7 Å². The Morgan fingerprint density at radius 1 is 1.56 bits per heavy atom. The maximum absolute atomic E-state index is 11.5. The number of rotatable bonds is 2. The Bertz CT molecular complexity index is 511. The number of H-pyrrole nitrogens is 1. The summed E-state index contributed by atoms with van der Waals surface area (Å²) in [7, 11) is 0. The smallest absolute Gasteiger partial charge is 0.354 e. The summed E-state index contributed by atoms with van der Waals surface area (Å²) < 4.78 is 5.80. The monoisotopic (exact) mass is 301 g/mol. The molecule has 0 saturated heterocycles. The zero-order valence-corrected chi connectivity index (χ0v) is 10.9. The van der Waals surface area contributed by atoms with Crippen molar-refractivity contribution in [3.63, 3.8) is 0 Å². The first-order valence-corrected chi connectivity index (χ1v) is 5.94. The molecular weight excluding hydrogens is 293 g/mol. The predicted molar refractivity (Wildman–Crippen MR) is 67.0 cm³/mol. The molecule has 1 heterocycles. The Kier molecular flexibility index (Phi) is 3.21. The molecule has 1 aromatic carbocycles. The molecule has 0 aliphatic carbocycles. The maximum Gasteiger partial charge on any atom is 0.354 e. The molecule has 0 amide bonds. The van der Waals surface area contributed by atoms with Crippen molar-refractivity contribution < 1.29 is 9.53 Å². The number of fused-ring (bicyclic) bond motifs is 1. The molecule has 0 saturated carbocycles. The fourth-order valence-corrected chi connectivity index (χ4v) is 2.13. The average molecular weight is 303 g/mol. The molecular formula is C11H9BrClNO2. The molecule has 0 fully saturated rings. The van der Waals surface area contributed by atoms with E-state index < -0.39 is 0 Å². The average Bonchev–Trinajstić information content (AvgIpc) is 2.70. The standard InChI is InChI=1S/C11H9BrClNO2/c1-2-16-11(15)9-5-6-7(12)3-4-8(13)10(6)14-9/h3-5,14H,2H2,1H3. The maximum atomic E-state index is 11.5. The first kappa shape index (κ1) is 11.5. The van der Waals surface area contributed by atoms with E-state index in [2.05, 4.69) is 20.9 Å². The van der Waals surface area contributed by atoms with Crippen molar-refractivity contribution >= 4 is 44.4 Å². The van der Waals surface area contributed by atoms with E-state index >= 15 is 0 Å². The Morgan fingerprint density at radius 3 is 2.94 bits per heavy atom. The van der Waals surface area contributed by atoms with E-state index in [1.807, 2.05) is 6.07 Å². The molecule has 0 atom stereocenters. The number of esters is 1. The van der Waals surface area contributed by atoms with Crippen LogP contribution in [0.2, 0.25) is 5.02 Å². The number of nitrogens with one attached hydrogen (secondary N) is 1. The summed E-state index contributed by atoms with van der Waals surface area (Å²) in [6.07, 6.45) is 0. The summed E-state index contributed by atoms with van der Waals surface area (Å²) in [5, 5.41) is 1.45. The summed E-state index contributed by atoms with van der Waals surface area (Å²) in [5.41, 5.74) is 1.14. The highest BCUT2D eigenvalue weighted by atomic mass is 79.9. The Morgan fingerprint density at radius 2 is 2.31 bits per heavy atom. The molecule has 2 aromatic rings. The number of hydrogen-bond donors (Lipinski definition) is 1. The van der Waals surface area contributed by atoms with Crippen LogP contribution in [0, 0.1) is 0 Å². The van der Waals surface area contributed by atoms with Gasteiger partial charge in [0.15, 0.2) is 0 Å². The number of ether oxygens (including phenoxy) is 1. The molecule has 0 aliphatic heterocycles. The van der Waals surface area contributed by atoms with Crippen LogP contribution < -0.4 is 0 Å². The first-order chi connectivity index (χ1) is 7.63. The van der Waals surface area contributed by atoms with Gasteiger partial charge in [-0.2, -0.15) is 0 Å². The van der Waals surface area contributed by atoms with Crippen molar-refractivity contribution in [1.82, 2.24) is 4.98 Å². The van der Waals surface area contributed by atoms with Crippen LogP contribution in [0.5, 0.6) is 0 Å². The van der Waals surface area contributed by atoms with E-state index in [9.17, 15) is 4.79 Å². The summed E-state index contributed by atoms with van der Waals surface area (Å²) >= 11 is 9.42. The van der Waals surface area contributed by atoms with Gasteiger partial charge in [-0.1, -0.05) is 27.5 Å². The largest absolute Gasteiger partial charge is 0.461 e. The zero-order chi connectivity index (χ0) is 11.7. The molecule has 2 rings (SSSR count). The second-order valence-corrected chi connectivity index (χ2v) is 4.48. The highest BCUT2D eigenvalue weighted by Crippen LogP contribution is 2.30. The number of aromatic amines is 1. The van der Waals surface area contributed by atoms with Gasteiger partial charge in [0.25, 0.3) is 0 Å². The van der Waals surface area contributed by atoms with Gasteiger partial charge in [0.05, 0.1) is 17.1 Å². The van der Waals surface area contributed by atoms with Gasteiger partial charge in [-0.05, 0) is 25.1 Å². The minimum absolute atomic E-state index is 0.350. The van der Waals surface area contributed by atoms with Gasteiger partial charge < -0.3 is 9.72 Å². The van der Waals surface area contributed by atoms with E-state index in [0.717, 1.165) is 15.4 Å². The summed E-state index contributed by atoms with van der Waals surface area (Å²) in [4.78, 5) is 14.5. The van der Waals surface area contributed by atoms with Crippen LogP contribution in [-0.2, 0) is 4.74 Å². The molecule has 0 spiro atoms. The van der Waals surface area contributed by atoms with E-state index in [0.29, 0.717) is 17.3 Å². The van der Waals surface area contributed by atoms with Crippen molar-refractivity contribution in [3.05, 3.63) is 33.4 Å². The fourth-order valence-electron chi connectivity index (χ4n) is 1.47. The minimum Gasteiger partial charge on any atom is -0.461 e. The number of benzene rings is 1. The van der Waals surface area contributed by atoms with Crippen LogP contribution in [-0.4, -0.2) is 17.6 Å². The second kappa shape index (κ2) is 4.47. The van der Waals surface area contributed by atoms with Crippen molar-refractivity contribution in [3.8, 4) is 0 Å². The van der Waals surface area contributed by atoms with Crippen LogP contribution >= 0.6 is 27.5 Å². The molecule has 5 heteroatoms. The molecule has 0 aliphatic rings. The highest BCUT2D eigenvalue weighted by molar-refractivity contribution is 9.10. The SMILES string of the molecule is CCOC(=O)c1cc2c(Br)ccc(Cl)c2[nH]1. The summed E-state index contributed by atoms with van der Waals surface area (Å²) in [6, 6.07) is 5.33. The summed E-state index contributed by atoms with van der Waals surface area (Å²) in [6.45, 7) is 2.12. The van der Waals surface area contributed by atoms with Crippen LogP contribution in [0.1, 0.15) is 17.4 Å². The number of aromatic nitrogens is 1. The molecule has 16 heavy (non-hydrogen) atoms. The Hall–Kier alpha value is -1.00. The van der Waals surface area contributed by atoms with Crippen LogP contribution in [0.4, 0.5) is 0 Å². The quantitative estimate of drug-likeness (QED) is 0.858. The van der Waals surface area contributed by atoms with Gasteiger partial charge in [-0.3, -0.25) is 0 Å². The lowest BCUT2D eigenvalue weighted by Gasteiger charge is -1.97.